The van der Waals surface area contributed by atoms with Crippen molar-refractivity contribution in [3.63, 3.8) is 0 Å². The zero-order valence-corrected chi connectivity index (χ0v) is 7.83. The summed E-state index contributed by atoms with van der Waals surface area (Å²) in [6.07, 6.45) is 1.28. The zero-order valence-electron chi connectivity index (χ0n) is 7.83. The van der Waals surface area contributed by atoms with Crippen LogP contribution in [0.3, 0.4) is 0 Å². The second kappa shape index (κ2) is 5.03. The van der Waals surface area contributed by atoms with Crippen LogP contribution >= 0.6 is 0 Å². The van der Waals surface area contributed by atoms with E-state index in [0.717, 1.165) is 0 Å². The van der Waals surface area contributed by atoms with Gasteiger partial charge in [0.1, 0.15) is 18.1 Å². The molecule has 0 radical (unpaired) electrons. The number of allylic oxidation sites excluding steroid dienone is 1. The van der Waals surface area contributed by atoms with E-state index in [2.05, 4.69) is 0 Å². The molecule has 0 N–H and O–H groups in total. The van der Waals surface area contributed by atoms with Gasteiger partial charge in [0.05, 0.1) is 12.2 Å². The van der Waals surface area contributed by atoms with Gasteiger partial charge in [0, 0.05) is 5.56 Å². The fourth-order valence-corrected chi connectivity index (χ4v) is 0.996. The number of hydrogen-bond donors (Lipinski definition) is 0. The maximum atomic E-state index is 13.2. The zero-order chi connectivity index (χ0) is 10.4. The van der Waals surface area contributed by atoms with Crippen molar-refractivity contribution in [3.8, 4) is 6.07 Å². The van der Waals surface area contributed by atoms with Crippen LogP contribution < -0.4 is 0 Å². The van der Waals surface area contributed by atoms with Gasteiger partial charge in [0.2, 0.25) is 0 Å². The van der Waals surface area contributed by atoms with Gasteiger partial charge in [-0.2, -0.15) is 5.26 Å². The summed E-state index contributed by atoms with van der Waals surface area (Å²) in [5.41, 5.74) is 0.466. The van der Waals surface area contributed by atoms with Crippen molar-refractivity contribution >= 4 is 5.57 Å². The Hall–Kier alpha value is -1.82. The molecule has 0 bridgehead atoms. The molecular formula is C11H10FNO. The topological polar surface area (TPSA) is 33.0 Å². The molecule has 1 aromatic carbocycles. The lowest BCUT2D eigenvalue weighted by Crippen LogP contribution is -1.89. The number of nitriles is 1. The van der Waals surface area contributed by atoms with Gasteiger partial charge in [-0.3, -0.25) is 0 Å². The summed E-state index contributed by atoms with van der Waals surface area (Å²) in [4.78, 5) is 0. The SMILES string of the molecule is CCO/C=C(/C#N)c1ccccc1F. The van der Waals surface area contributed by atoms with E-state index in [9.17, 15) is 4.39 Å². The molecular weight excluding hydrogens is 181 g/mol. The van der Waals surface area contributed by atoms with Crippen LogP contribution in [0.4, 0.5) is 4.39 Å². The highest BCUT2D eigenvalue weighted by atomic mass is 19.1. The number of hydrogen-bond acceptors (Lipinski definition) is 2. The molecule has 0 aliphatic carbocycles. The van der Waals surface area contributed by atoms with Crippen molar-refractivity contribution in [2.24, 2.45) is 0 Å². The smallest absolute Gasteiger partial charge is 0.131 e. The minimum Gasteiger partial charge on any atom is -0.500 e. The molecule has 0 heterocycles. The highest BCUT2D eigenvalue weighted by molar-refractivity contribution is 5.76. The molecule has 0 saturated carbocycles. The second-order valence-electron chi connectivity index (χ2n) is 2.58. The molecule has 14 heavy (non-hydrogen) atoms. The molecule has 1 rings (SSSR count). The fraction of sp³-hybridized carbons (Fsp3) is 0.182. The summed E-state index contributed by atoms with van der Waals surface area (Å²) in [5.74, 6) is -0.417. The van der Waals surface area contributed by atoms with Crippen molar-refractivity contribution in [2.45, 2.75) is 6.92 Å². The molecule has 0 aliphatic heterocycles. The Morgan fingerprint density at radius 2 is 2.29 bits per heavy atom. The normalized spacial score (nSPS) is 10.8. The summed E-state index contributed by atoms with van der Waals surface area (Å²) >= 11 is 0. The first-order valence-electron chi connectivity index (χ1n) is 4.26. The summed E-state index contributed by atoms with van der Waals surface area (Å²) in [6.45, 7) is 2.26. The lowest BCUT2D eigenvalue weighted by molar-refractivity contribution is 0.271. The van der Waals surface area contributed by atoms with Crippen LogP contribution in [0.1, 0.15) is 12.5 Å². The van der Waals surface area contributed by atoms with Gasteiger partial charge in [-0.1, -0.05) is 18.2 Å². The van der Waals surface area contributed by atoms with Gasteiger partial charge in [-0.05, 0) is 13.0 Å². The Balaban J connectivity index is 3.03. The number of nitrogens with zero attached hydrogens (tertiary/aromatic N) is 1. The van der Waals surface area contributed by atoms with Crippen molar-refractivity contribution < 1.29 is 9.13 Å². The first kappa shape index (κ1) is 10.3. The molecule has 72 valence electrons. The van der Waals surface area contributed by atoms with Gasteiger partial charge in [-0.15, -0.1) is 0 Å². The van der Waals surface area contributed by atoms with E-state index < -0.39 is 5.82 Å². The summed E-state index contributed by atoms with van der Waals surface area (Å²) in [7, 11) is 0. The molecule has 0 spiro atoms. The number of ether oxygens (including phenoxy) is 1. The number of rotatable bonds is 3. The molecule has 0 atom stereocenters. The predicted octanol–water partition coefficient (Wildman–Crippen LogP) is 2.73. The average molecular weight is 191 g/mol. The Bertz CT molecular complexity index is 379. The van der Waals surface area contributed by atoms with E-state index in [1.54, 1.807) is 25.1 Å². The minimum absolute atomic E-state index is 0.199. The van der Waals surface area contributed by atoms with Gasteiger partial charge < -0.3 is 4.74 Å². The third-order valence-corrected chi connectivity index (χ3v) is 1.65. The first-order chi connectivity index (χ1) is 6.79. The van der Waals surface area contributed by atoms with Gasteiger partial charge in [-0.25, -0.2) is 4.39 Å². The van der Waals surface area contributed by atoms with Crippen LogP contribution in [-0.2, 0) is 4.74 Å². The predicted molar refractivity (Wildman–Crippen MR) is 51.6 cm³/mol. The van der Waals surface area contributed by atoms with E-state index in [1.165, 1.54) is 12.3 Å². The highest BCUT2D eigenvalue weighted by Gasteiger charge is 2.06. The summed E-state index contributed by atoms with van der Waals surface area (Å²) in [5, 5.41) is 8.77. The van der Waals surface area contributed by atoms with Crippen LogP contribution in [0, 0.1) is 17.1 Å². The third kappa shape index (κ3) is 2.33. The standard InChI is InChI=1S/C11H10FNO/c1-2-14-8-9(7-13)10-5-3-4-6-11(10)12/h3-6,8H,2H2,1H3/b9-8-. The van der Waals surface area contributed by atoms with Crippen molar-refractivity contribution in [1.82, 2.24) is 0 Å². The average Bonchev–Trinajstić information content (AvgIpc) is 2.21. The fourth-order valence-electron chi connectivity index (χ4n) is 0.996. The first-order valence-corrected chi connectivity index (χ1v) is 4.26. The monoisotopic (exact) mass is 191 g/mol. The van der Waals surface area contributed by atoms with Crippen molar-refractivity contribution in [3.05, 3.63) is 41.9 Å². The lowest BCUT2D eigenvalue weighted by atomic mass is 10.1. The molecule has 0 saturated heterocycles. The van der Waals surface area contributed by atoms with Crippen molar-refractivity contribution in [1.29, 1.82) is 5.26 Å². The number of benzene rings is 1. The molecule has 0 amide bonds. The van der Waals surface area contributed by atoms with E-state index in [0.29, 0.717) is 6.61 Å². The van der Waals surface area contributed by atoms with Crippen LogP contribution in [0.15, 0.2) is 30.5 Å². The molecule has 2 nitrogen and oxygen atoms in total. The quantitative estimate of drug-likeness (QED) is 0.543. The highest BCUT2D eigenvalue weighted by Crippen LogP contribution is 2.16. The van der Waals surface area contributed by atoms with Gasteiger partial charge in [0.15, 0.2) is 0 Å². The molecule has 0 fully saturated rings. The molecule has 1 aromatic rings. The number of halogens is 1. The maximum Gasteiger partial charge on any atom is 0.131 e. The Morgan fingerprint density at radius 1 is 1.57 bits per heavy atom. The van der Waals surface area contributed by atoms with Gasteiger partial charge in [0.25, 0.3) is 0 Å². The van der Waals surface area contributed by atoms with Crippen LogP contribution in [-0.4, -0.2) is 6.61 Å². The summed E-state index contributed by atoms with van der Waals surface area (Å²) < 4.78 is 18.2. The lowest BCUT2D eigenvalue weighted by Gasteiger charge is -2.00. The minimum atomic E-state index is -0.417. The Labute approximate surface area is 82.2 Å². The van der Waals surface area contributed by atoms with Crippen molar-refractivity contribution in [2.75, 3.05) is 6.61 Å². The van der Waals surface area contributed by atoms with E-state index in [-0.39, 0.29) is 11.1 Å². The van der Waals surface area contributed by atoms with E-state index in [4.69, 9.17) is 10.00 Å². The van der Waals surface area contributed by atoms with Gasteiger partial charge >= 0.3 is 0 Å². The Morgan fingerprint density at radius 3 is 2.86 bits per heavy atom. The second-order valence-corrected chi connectivity index (χ2v) is 2.58. The van der Waals surface area contributed by atoms with Crippen LogP contribution in [0.2, 0.25) is 0 Å². The summed E-state index contributed by atoms with van der Waals surface area (Å²) in [6, 6.07) is 8.00. The third-order valence-electron chi connectivity index (χ3n) is 1.65. The molecule has 0 aromatic heterocycles. The van der Waals surface area contributed by atoms with E-state index >= 15 is 0 Å². The Kier molecular flexibility index (Phi) is 3.69. The van der Waals surface area contributed by atoms with Crippen LogP contribution in [0.25, 0.3) is 5.57 Å². The van der Waals surface area contributed by atoms with E-state index in [1.807, 2.05) is 6.07 Å². The largest absolute Gasteiger partial charge is 0.500 e. The molecule has 0 aliphatic rings. The maximum absolute atomic E-state index is 13.2. The molecule has 0 unspecified atom stereocenters. The van der Waals surface area contributed by atoms with Crippen LogP contribution in [0.5, 0.6) is 0 Å². The molecule has 3 heteroatoms.